The normalized spacial score (nSPS) is 11.6. The number of halogens is 2. The highest BCUT2D eigenvalue weighted by Crippen LogP contribution is 2.37. The summed E-state index contributed by atoms with van der Waals surface area (Å²) in [5.41, 5.74) is 4.25. The Morgan fingerprint density at radius 3 is 2.27 bits per heavy atom. The van der Waals surface area contributed by atoms with E-state index in [4.69, 9.17) is 11.6 Å². The van der Waals surface area contributed by atoms with Gasteiger partial charge in [-0.3, -0.25) is 9.59 Å². The van der Waals surface area contributed by atoms with Crippen LogP contribution in [0.1, 0.15) is 16.4 Å². The molecule has 1 unspecified atom stereocenters. The molecule has 1 heterocycles. The molecule has 9 heteroatoms. The van der Waals surface area contributed by atoms with Gasteiger partial charge in [0.15, 0.2) is 5.13 Å². The lowest BCUT2D eigenvalue weighted by Gasteiger charge is -2.16. The van der Waals surface area contributed by atoms with Crippen LogP contribution in [0, 0.1) is 0 Å². The van der Waals surface area contributed by atoms with Gasteiger partial charge in [-0.1, -0.05) is 82.1 Å². The van der Waals surface area contributed by atoms with Crippen LogP contribution in [0.15, 0.2) is 118 Å². The molecule has 0 aliphatic rings. The third-order valence-electron chi connectivity index (χ3n) is 5.88. The third-order valence-corrected chi connectivity index (χ3v) is 8.69. The lowest BCUT2D eigenvalue weighted by atomic mass is 10.1. The summed E-state index contributed by atoms with van der Waals surface area (Å²) >= 11 is 12.2. The van der Waals surface area contributed by atoms with Gasteiger partial charge in [-0.05, 0) is 59.7 Å². The summed E-state index contributed by atoms with van der Waals surface area (Å²) in [6.07, 6.45) is 0.254. The van der Waals surface area contributed by atoms with E-state index in [1.54, 1.807) is 12.1 Å². The minimum absolute atomic E-state index is 0.116. The highest BCUT2D eigenvalue weighted by molar-refractivity contribution is 9.10. The van der Waals surface area contributed by atoms with Crippen LogP contribution in [0.2, 0.25) is 5.02 Å². The van der Waals surface area contributed by atoms with E-state index in [9.17, 15) is 9.59 Å². The van der Waals surface area contributed by atoms with E-state index in [-0.39, 0.29) is 18.2 Å². The second-order valence-corrected chi connectivity index (χ2v) is 12.2. The summed E-state index contributed by atoms with van der Waals surface area (Å²) in [4.78, 5) is 31.5. The zero-order valence-corrected chi connectivity index (χ0v) is 25.0. The Bertz CT molecular complexity index is 1590. The fraction of sp³-hybridized carbons (Fsp3) is 0.0645. The van der Waals surface area contributed by atoms with E-state index in [0.717, 1.165) is 31.8 Å². The molecule has 40 heavy (non-hydrogen) atoms. The fourth-order valence-corrected chi connectivity index (χ4v) is 6.04. The number of thiazole rings is 1. The summed E-state index contributed by atoms with van der Waals surface area (Å²) in [6, 6.07) is 32.2. The molecular formula is C31H23BrClN3O2S2. The van der Waals surface area contributed by atoms with Gasteiger partial charge < -0.3 is 10.6 Å². The first kappa shape index (κ1) is 28.1. The van der Waals surface area contributed by atoms with Crippen molar-refractivity contribution in [2.75, 3.05) is 10.6 Å². The van der Waals surface area contributed by atoms with Crippen LogP contribution in [0.4, 0.5) is 10.8 Å². The van der Waals surface area contributed by atoms with Gasteiger partial charge in [0.25, 0.3) is 0 Å². The van der Waals surface area contributed by atoms with Crippen LogP contribution in [-0.4, -0.2) is 16.8 Å². The molecular weight excluding hydrogens is 626 g/mol. The number of nitrogens with one attached hydrogen (secondary N) is 2. The molecule has 5 nitrogen and oxygen atoms in total. The Hall–Kier alpha value is -3.43. The molecule has 1 atom stereocenters. The van der Waals surface area contributed by atoms with E-state index in [2.05, 4.69) is 31.5 Å². The first-order valence-corrected chi connectivity index (χ1v) is 15.2. The van der Waals surface area contributed by atoms with Crippen molar-refractivity contribution in [2.24, 2.45) is 0 Å². The molecule has 0 saturated carbocycles. The number of amides is 2. The number of anilines is 2. The molecule has 0 saturated heterocycles. The molecule has 0 spiro atoms. The van der Waals surface area contributed by atoms with Crippen molar-refractivity contribution in [1.29, 1.82) is 0 Å². The monoisotopic (exact) mass is 647 g/mol. The topological polar surface area (TPSA) is 71.1 Å². The average Bonchev–Trinajstić information content (AvgIpc) is 3.43. The summed E-state index contributed by atoms with van der Waals surface area (Å²) in [6.45, 7) is 0. The molecule has 0 fully saturated rings. The van der Waals surface area contributed by atoms with Crippen molar-refractivity contribution in [2.45, 2.75) is 16.6 Å². The van der Waals surface area contributed by atoms with Gasteiger partial charge in [0.1, 0.15) is 5.25 Å². The Balaban J connectivity index is 1.25. The first-order valence-electron chi connectivity index (χ1n) is 12.3. The number of hydrogen-bond donors (Lipinski definition) is 2. The van der Waals surface area contributed by atoms with Gasteiger partial charge in [-0.15, -0.1) is 23.1 Å². The third kappa shape index (κ3) is 7.61. The van der Waals surface area contributed by atoms with Gasteiger partial charge in [0.05, 0.1) is 12.1 Å². The van der Waals surface area contributed by atoms with Crippen molar-refractivity contribution >= 4 is 73.3 Å². The smallest absolute Gasteiger partial charge is 0.244 e. The fourth-order valence-electron chi connectivity index (χ4n) is 3.90. The number of nitrogens with zero attached hydrogens (tertiary/aromatic N) is 1. The van der Waals surface area contributed by atoms with Crippen LogP contribution < -0.4 is 10.6 Å². The minimum Gasteiger partial charge on any atom is -0.326 e. The number of thioether (sulfide) groups is 1. The second-order valence-electron chi connectivity index (χ2n) is 8.82. The van der Waals surface area contributed by atoms with Crippen LogP contribution >= 0.6 is 50.6 Å². The molecule has 0 bridgehead atoms. The largest absolute Gasteiger partial charge is 0.326 e. The molecule has 4 aromatic carbocycles. The quantitative estimate of drug-likeness (QED) is 0.157. The van der Waals surface area contributed by atoms with E-state index < -0.39 is 5.25 Å². The first-order chi connectivity index (χ1) is 19.4. The highest BCUT2D eigenvalue weighted by atomic mass is 79.9. The van der Waals surface area contributed by atoms with E-state index in [1.165, 1.54) is 23.1 Å². The van der Waals surface area contributed by atoms with Crippen LogP contribution in [0.25, 0.3) is 11.3 Å². The zero-order valence-electron chi connectivity index (χ0n) is 21.0. The zero-order chi connectivity index (χ0) is 27.9. The van der Waals surface area contributed by atoms with Gasteiger partial charge in [0, 0.05) is 31.0 Å². The molecule has 5 rings (SSSR count). The number of hydrogen-bond acceptors (Lipinski definition) is 5. The molecule has 0 aliphatic heterocycles. The SMILES string of the molecule is O=C(Cc1ccc(Cl)cc1)Nc1ccc(SC(C(=O)Nc2nc(-c3ccc(Br)cc3)cs2)c2ccccc2)cc1. The number of carbonyl (C=O) groups excluding carboxylic acids is 2. The highest BCUT2D eigenvalue weighted by Gasteiger charge is 2.23. The van der Waals surface area contributed by atoms with E-state index in [1.807, 2.05) is 96.4 Å². The van der Waals surface area contributed by atoms with Gasteiger partial charge >= 0.3 is 0 Å². The summed E-state index contributed by atoms with van der Waals surface area (Å²) in [5.74, 6) is -0.275. The summed E-state index contributed by atoms with van der Waals surface area (Å²) in [5, 5.41) is 8.54. The average molecular weight is 649 g/mol. The summed E-state index contributed by atoms with van der Waals surface area (Å²) < 4.78 is 0.996. The number of aromatic nitrogens is 1. The van der Waals surface area contributed by atoms with Crippen molar-refractivity contribution in [3.63, 3.8) is 0 Å². The Kier molecular flexibility index (Phi) is 9.34. The van der Waals surface area contributed by atoms with Gasteiger partial charge in [0.2, 0.25) is 11.8 Å². The van der Waals surface area contributed by atoms with Crippen LogP contribution in [0.5, 0.6) is 0 Å². The maximum Gasteiger partial charge on any atom is 0.244 e. The Morgan fingerprint density at radius 1 is 0.875 bits per heavy atom. The molecule has 2 N–H and O–H groups in total. The van der Waals surface area contributed by atoms with Gasteiger partial charge in [-0.25, -0.2) is 4.98 Å². The Labute approximate surface area is 254 Å². The number of rotatable bonds is 9. The predicted octanol–water partition coefficient (Wildman–Crippen LogP) is 8.88. The van der Waals surface area contributed by atoms with Crippen molar-refractivity contribution in [3.8, 4) is 11.3 Å². The molecule has 0 aliphatic carbocycles. The standard InChI is InChI=1S/C31H23BrClN3O2S2/c32-23-10-8-21(9-11-23)27-19-39-31(35-27)36-30(38)29(22-4-2-1-3-5-22)40-26-16-14-25(15-17-26)34-28(37)18-20-6-12-24(33)13-7-20/h1-17,19,29H,18H2,(H,34,37)(H,35,36,38). The van der Waals surface area contributed by atoms with Crippen LogP contribution in [-0.2, 0) is 16.0 Å². The lowest BCUT2D eigenvalue weighted by Crippen LogP contribution is -2.19. The molecule has 2 amide bonds. The van der Waals surface area contributed by atoms with E-state index in [0.29, 0.717) is 15.8 Å². The number of carbonyl (C=O) groups is 2. The number of benzene rings is 4. The maximum absolute atomic E-state index is 13.5. The second kappa shape index (κ2) is 13.3. The van der Waals surface area contributed by atoms with E-state index >= 15 is 0 Å². The van der Waals surface area contributed by atoms with Crippen LogP contribution in [0.3, 0.4) is 0 Å². The summed E-state index contributed by atoms with van der Waals surface area (Å²) in [7, 11) is 0. The predicted molar refractivity (Wildman–Crippen MR) is 169 cm³/mol. The van der Waals surface area contributed by atoms with Crippen molar-refractivity contribution in [1.82, 2.24) is 4.98 Å². The minimum atomic E-state index is -0.494. The molecule has 200 valence electrons. The molecule has 0 radical (unpaired) electrons. The Morgan fingerprint density at radius 2 is 1.57 bits per heavy atom. The maximum atomic E-state index is 13.5. The molecule has 1 aromatic heterocycles. The van der Waals surface area contributed by atoms with Crippen molar-refractivity contribution < 1.29 is 9.59 Å². The van der Waals surface area contributed by atoms with Gasteiger partial charge in [-0.2, -0.15) is 0 Å². The molecule has 5 aromatic rings. The van der Waals surface area contributed by atoms with Crippen molar-refractivity contribution in [3.05, 3.63) is 129 Å². The lowest BCUT2D eigenvalue weighted by molar-refractivity contribution is -0.116.